The van der Waals surface area contributed by atoms with Crippen molar-refractivity contribution in [2.24, 2.45) is 0 Å². The topological polar surface area (TPSA) is 37.8 Å². The van der Waals surface area contributed by atoms with Crippen molar-refractivity contribution in [2.75, 3.05) is 0 Å². The van der Waals surface area contributed by atoms with Gasteiger partial charge in [0.15, 0.2) is 0 Å². The molecule has 3 heterocycles. The number of carbonyl (C=O) groups excluding carboxylic acids is 1. The molecule has 0 saturated heterocycles. The first-order chi connectivity index (χ1) is 8.68. The van der Waals surface area contributed by atoms with Crippen LogP contribution in [0.3, 0.4) is 0 Å². The summed E-state index contributed by atoms with van der Waals surface area (Å²) in [6.07, 6.45) is 0. The van der Waals surface area contributed by atoms with Crippen LogP contribution in [0.4, 0.5) is 0 Å². The van der Waals surface area contributed by atoms with Gasteiger partial charge in [-0.05, 0) is 31.5 Å². The number of rotatable bonds is 1. The maximum Gasteiger partial charge on any atom is 0.265 e. The molecule has 1 aliphatic rings. The highest BCUT2D eigenvalue weighted by Gasteiger charge is 2.37. The summed E-state index contributed by atoms with van der Waals surface area (Å²) < 4.78 is 1.81. The number of nitrogens with zero attached hydrogens (tertiary/aromatic N) is 1. The molecule has 18 heavy (non-hydrogen) atoms. The van der Waals surface area contributed by atoms with E-state index in [1.54, 1.807) is 0 Å². The fraction of sp³-hybridized carbons (Fsp3) is 0.133. The Morgan fingerprint density at radius 3 is 2.61 bits per heavy atom. The van der Waals surface area contributed by atoms with Crippen LogP contribution in [0.15, 0.2) is 30.3 Å². The molecule has 0 aliphatic carbocycles. The predicted molar refractivity (Wildman–Crippen MR) is 70.9 cm³/mol. The van der Waals surface area contributed by atoms with E-state index in [4.69, 9.17) is 0 Å². The second-order valence-corrected chi connectivity index (χ2v) is 4.89. The highest BCUT2D eigenvalue weighted by molar-refractivity contribution is 6.26. The number of carbonyl (C=O) groups is 1. The lowest BCUT2D eigenvalue weighted by molar-refractivity contribution is 0.0951. The molecule has 1 aliphatic heterocycles. The molecule has 3 nitrogen and oxygen atoms in total. The molecule has 0 unspecified atom stereocenters. The Balaban J connectivity index is 2.11. The summed E-state index contributed by atoms with van der Waals surface area (Å²) in [5.74, 6) is 0.123. The van der Waals surface area contributed by atoms with Gasteiger partial charge < -0.3 is 4.98 Å². The van der Waals surface area contributed by atoms with Crippen molar-refractivity contribution in [1.82, 2.24) is 9.55 Å². The van der Waals surface area contributed by atoms with Gasteiger partial charge in [0.25, 0.3) is 5.91 Å². The van der Waals surface area contributed by atoms with Crippen LogP contribution in [0, 0.1) is 13.8 Å². The Hall–Kier alpha value is -2.29. The number of aromatic amines is 1. The van der Waals surface area contributed by atoms with Gasteiger partial charge in [-0.25, -0.2) is 0 Å². The second kappa shape index (κ2) is 2.93. The van der Waals surface area contributed by atoms with Crippen LogP contribution in [-0.4, -0.2) is 15.5 Å². The average Bonchev–Trinajstić information content (AvgIpc) is 2.94. The number of aromatic nitrogens is 2. The fourth-order valence-corrected chi connectivity index (χ4v) is 2.94. The maximum atomic E-state index is 12.0. The first-order valence-corrected chi connectivity index (χ1v) is 6.03. The lowest BCUT2D eigenvalue weighted by atomic mass is 10.0. The summed E-state index contributed by atoms with van der Waals surface area (Å²) in [7, 11) is 0. The van der Waals surface area contributed by atoms with Gasteiger partial charge in [0.05, 0.1) is 22.5 Å². The molecule has 88 valence electrons. The van der Waals surface area contributed by atoms with Crippen LogP contribution in [0.2, 0.25) is 0 Å². The van der Waals surface area contributed by atoms with Gasteiger partial charge in [0.1, 0.15) is 0 Å². The highest BCUT2D eigenvalue weighted by atomic mass is 16.2. The first kappa shape index (κ1) is 9.71. The number of nitrogens with one attached hydrogen (secondary N) is 1. The molecular formula is C15H12N2O. The van der Waals surface area contributed by atoms with Gasteiger partial charge >= 0.3 is 0 Å². The van der Waals surface area contributed by atoms with Gasteiger partial charge in [-0.15, -0.1) is 0 Å². The average molecular weight is 236 g/mol. The zero-order valence-electron chi connectivity index (χ0n) is 10.2. The van der Waals surface area contributed by atoms with Gasteiger partial charge in [0, 0.05) is 11.1 Å². The van der Waals surface area contributed by atoms with Crippen molar-refractivity contribution in [3.8, 4) is 11.4 Å². The molecule has 0 atom stereocenters. The lowest BCUT2D eigenvalue weighted by Gasteiger charge is -2.17. The number of aryl methyl sites for hydroxylation is 2. The molecule has 4 rings (SSSR count). The summed E-state index contributed by atoms with van der Waals surface area (Å²) in [5, 5.41) is 1.06. The van der Waals surface area contributed by atoms with Crippen molar-refractivity contribution < 1.29 is 4.79 Å². The largest absolute Gasteiger partial charge is 0.357 e. The lowest BCUT2D eigenvalue weighted by Crippen LogP contribution is -2.21. The Morgan fingerprint density at radius 2 is 1.94 bits per heavy atom. The zero-order chi connectivity index (χ0) is 12.4. The Labute approximate surface area is 104 Å². The highest BCUT2D eigenvalue weighted by Crippen LogP contribution is 2.42. The van der Waals surface area contributed by atoms with Crippen molar-refractivity contribution in [1.29, 1.82) is 0 Å². The molecule has 0 radical (unpaired) electrons. The van der Waals surface area contributed by atoms with E-state index in [-0.39, 0.29) is 5.91 Å². The standard InChI is InChI=1S/C15H12N2O/c1-8-7-9(2)16-13(8)14-12-10-5-3-4-6-11(10)17(14)15(12)18/h3-7,16H,1-2H3. The van der Waals surface area contributed by atoms with Gasteiger partial charge in [-0.3, -0.25) is 9.36 Å². The molecule has 2 bridgehead atoms. The summed E-state index contributed by atoms with van der Waals surface area (Å²) in [6, 6.07) is 10.1. The van der Waals surface area contributed by atoms with Crippen LogP contribution in [0.1, 0.15) is 21.6 Å². The zero-order valence-corrected chi connectivity index (χ0v) is 10.2. The van der Waals surface area contributed by atoms with Crippen LogP contribution >= 0.6 is 0 Å². The minimum atomic E-state index is 0.123. The van der Waals surface area contributed by atoms with Crippen LogP contribution in [0.5, 0.6) is 0 Å². The van der Waals surface area contributed by atoms with E-state index in [0.717, 1.165) is 33.5 Å². The second-order valence-electron chi connectivity index (χ2n) is 4.89. The molecule has 3 heteroatoms. The van der Waals surface area contributed by atoms with Crippen molar-refractivity contribution in [3.63, 3.8) is 0 Å². The molecule has 0 spiro atoms. The van der Waals surface area contributed by atoms with Gasteiger partial charge in [-0.1, -0.05) is 18.2 Å². The van der Waals surface area contributed by atoms with E-state index in [1.807, 2.05) is 35.8 Å². The Kier molecular flexibility index (Phi) is 1.58. The third-order valence-corrected chi connectivity index (χ3v) is 3.68. The number of hydrogen-bond donors (Lipinski definition) is 1. The van der Waals surface area contributed by atoms with E-state index >= 15 is 0 Å². The quantitative estimate of drug-likeness (QED) is 0.541. The summed E-state index contributed by atoms with van der Waals surface area (Å²) in [5.41, 5.74) is 6.28. The van der Waals surface area contributed by atoms with Crippen LogP contribution in [0.25, 0.3) is 22.3 Å². The Morgan fingerprint density at radius 1 is 1.17 bits per heavy atom. The van der Waals surface area contributed by atoms with E-state index in [9.17, 15) is 4.79 Å². The summed E-state index contributed by atoms with van der Waals surface area (Å²) in [6.45, 7) is 4.10. The number of H-pyrrole nitrogens is 1. The monoisotopic (exact) mass is 236 g/mol. The number of para-hydroxylation sites is 1. The Bertz CT molecular complexity index is 777. The van der Waals surface area contributed by atoms with E-state index in [1.165, 1.54) is 5.56 Å². The van der Waals surface area contributed by atoms with Crippen molar-refractivity contribution in [3.05, 3.63) is 47.2 Å². The molecule has 0 fully saturated rings. The van der Waals surface area contributed by atoms with Gasteiger partial charge in [0.2, 0.25) is 0 Å². The van der Waals surface area contributed by atoms with Crippen molar-refractivity contribution >= 4 is 16.8 Å². The smallest absolute Gasteiger partial charge is 0.265 e. The molecule has 0 saturated carbocycles. The predicted octanol–water partition coefficient (Wildman–Crippen LogP) is 3.26. The molecular weight excluding hydrogens is 224 g/mol. The minimum absolute atomic E-state index is 0.123. The molecule has 2 aromatic heterocycles. The van der Waals surface area contributed by atoms with E-state index < -0.39 is 0 Å². The minimum Gasteiger partial charge on any atom is -0.357 e. The molecule has 0 amide bonds. The third kappa shape index (κ3) is 0.933. The molecule has 1 aromatic carbocycles. The maximum absolute atomic E-state index is 12.0. The molecule has 3 aromatic rings. The summed E-state index contributed by atoms with van der Waals surface area (Å²) >= 11 is 0. The van der Waals surface area contributed by atoms with Gasteiger partial charge in [-0.2, -0.15) is 0 Å². The SMILES string of the molecule is Cc1cc(C)c(-c2c3c4ccccc4n2C3=O)[nH]1. The first-order valence-electron chi connectivity index (χ1n) is 6.03. The number of benzene rings is 1. The fourth-order valence-electron chi connectivity index (χ4n) is 2.94. The van der Waals surface area contributed by atoms with Crippen LogP contribution < -0.4 is 0 Å². The normalized spacial score (nSPS) is 13.1. The molecule has 1 N–H and O–H groups in total. The van der Waals surface area contributed by atoms with Crippen molar-refractivity contribution in [2.45, 2.75) is 13.8 Å². The third-order valence-electron chi connectivity index (χ3n) is 3.68. The number of hydrogen-bond acceptors (Lipinski definition) is 1. The number of fused-ring (bicyclic) bond motifs is 5. The van der Waals surface area contributed by atoms with E-state index in [2.05, 4.69) is 18.0 Å². The van der Waals surface area contributed by atoms with E-state index in [0.29, 0.717) is 0 Å². The van der Waals surface area contributed by atoms with Crippen LogP contribution in [-0.2, 0) is 0 Å². The summed E-state index contributed by atoms with van der Waals surface area (Å²) in [4.78, 5) is 15.4.